The highest BCUT2D eigenvalue weighted by Gasteiger charge is 2.09. The lowest BCUT2D eigenvalue weighted by Crippen LogP contribution is -2.11. The van der Waals surface area contributed by atoms with E-state index in [1.165, 1.54) is 12.1 Å². The summed E-state index contributed by atoms with van der Waals surface area (Å²) in [7, 11) is -3.74. The van der Waals surface area contributed by atoms with Gasteiger partial charge in [-0.25, -0.2) is 18.5 Å². The predicted molar refractivity (Wildman–Crippen MR) is 107 cm³/mol. The fourth-order valence-electron chi connectivity index (χ4n) is 2.66. The second-order valence-electron chi connectivity index (χ2n) is 6.18. The van der Waals surface area contributed by atoms with Crippen molar-refractivity contribution in [2.45, 2.75) is 17.7 Å². The van der Waals surface area contributed by atoms with Gasteiger partial charge in [0.25, 0.3) is 0 Å². The third kappa shape index (κ3) is 4.81. The second-order valence-corrected chi connectivity index (χ2v) is 7.74. The molecule has 0 aliphatic heterocycles. The lowest BCUT2D eigenvalue weighted by Gasteiger charge is -2.09. The third-order valence-corrected chi connectivity index (χ3v) is 5.05. The number of rotatable bonds is 7. The van der Waals surface area contributed by atoms with Gasteiger partial charge < -0.3 is 11.1 Å². The van der Waals surface area contributed by atoms with Crippen LogP contribution in [0.1, 0.15) is 12.0 Å². The number of aromatic nitrogens is 2. The fraction of sp³-hybridized carbons (Fsp3) is 0.158. The summed E-state index contributed by atoms with van der Waals surface area (Å²) < 4.78 is 34.9. The lowest BCUT2D eigenvalue weighted by atomic mass is 10.0. The Balaban J connectivity index is 1.75. The van der Waals surface area contributed by atoms with Gasteiger partial charge in [0, 0.05) is 17.4 Å². The Bertz CT molecular complexity index is 1050. The van der Waals surface area contributed by atoms with Crippen LogP contribution in [-0.2, 0) is 16.4 Å². The molecule has 9 heteroatoms. The normalized spacial score (nSPS) is 11.4. The van der Waals surface area contributed by atoms with Gasteiger partial charge in [0.05, 0.1) is 11.6 Å². The van der Waals surface area contributed by atoms with Crippen LogP contribution in [0.4, 0.5) is 21.8 Å². The number of aryl methyl sites for hydroxylation is 1. The summed E-state index contributed by atoms with van der Waals surface area (Å²) in [5, 5.41) is 8.04. The molecule has 3 aromatic rings. The van der Waals surface area contributed by atoms with Crippen molar-refractivity contribution < 1.29 is 12.8 Å². The predicted octanol–water partition coefficient (Wildman–Crippen LogP) is 3.02. The van der Waals surface area contributed by atoms with E-state index in [1.807, 2.05) is 24.3 Å². The first-order valence-electron chi connectivity index (χ1n) is 8.54. The molecule has 0 radical (unpaired) electrons. The number of primary sulfonamides is 1. The van der Waals surface area contributed by atoms with Crippen molar-refractivity contribution in [3.05, 3.63) is 60.3 Å². The van der Waals surface area contributed by atoms with E-state index in [1.54, 1.807) is 18.3 Å². The number of nitrogens with two attached hydrogens (primary N) is 2. The summed E-state index contributed by atoms with van der Waals surface area (Å²) >= 11 is 0. The topological polar surface area (TPSA) is 124 Å². The minimum atomic E-state index is -3.74. The summed E-state index contributed by atoms with van der Waals surface area (Å²) in [5.74, 6) is 0.583. The highest BCUT2D eigenvalue weighted by molar-refractivity contribution is 7.89. The number of hydrogen-bond donors (Lipinski definition) is 3. The lowest BCUT2D eigenvalue weighted by molar-refractivity contribution is 0.473. The zero-order chi connectivity index (χ0) is 20.1. The highest BCUT2D eigenvalue weighted by atomic mass is 32.2. The van der Waals surface area contributed by atoms with Gasteiger partial charge in [-0.1, -0.05) is 24.3 Å². The average Bonchev–Trinajstić information content (AvgIpc) is 2.67. The van der Waals surface area contributed by atoms with Crippen molar-refractivity contribution in [1.82, 2.24) is 9.97 Å². The number of alkyl halides is 1. The highest BCUT2D eigenvalue weighted by Crippen LogP contribution is 2.26. The Hall–Kier alpha value is -3.04. The molecule has 0 saturated carbocycles. The van der Waals surface area contributed by atoms with Gasteiger partial charge in [0.1, 0.15) is 5.82 Å². The first-order chi connectivity index (χ1) is 13.4. The van der Waals surface area contributed by atoms with Gasteiger partial charge in [-0.3, -0.25) is 4.39 Å². The average molecular weight is 401 g/mol. The molecule has 5 N–H and O–H groups in total. The summed E-state index contributed by atoms with van der Waals surface area (Å²) in [5.41, 5.74) is 9.28. The van der Waals surface area contributed by atoms with Crippen molar-refractivity contribution in [3.8, 4) is 11.1 Å². The third-order valence-electron chi connectivity index (χ3n) is 4.12. The zero-order valence-corrected chi connectivity index (χ0v) is 15.8. The number of nitrogens with one attached hydrogen (secondary N) is 1. The molecule has 3 rings (SSSR count). The molecule has 28 heavy (non-hydrogen) atoms. The summed E-state index contributed by atoms with van der Waals surface area (Å²) in [4.78, 5) is 8.53. The van der Waals surface area contributed by atoms with Gasteiger partial charge in [-0.2, -0.15) is 4.98 Å². The molecule has 0 spiro atoms. The maximum Gasteiger partial charge on any atom is 0.238 e. The minimum absolute atomic E-state index is 0.0174. The Kier molecular flexibility index (Phi) is 5.86. The van der Waals surface area contributed by atoms with Crippen molar-refractivity contribution in [2.75, 3.05) is 17.7 Å². The summed E-state index contributed by atoms with van der Waals surface area (Å²) in [6, 6.07) is 13.6. The smallest absolute Gasteiger partial charge is 0.238 e. The van der Waals surface area contributed by atoms with Crippen molar-refractivity contribution in [3.63, 3.8) is 0 Å². The molecule has 0 aliphatic rings. The van der Waals surface area contributed by atoms with E-state index < -0.39 is 10.0 Å². The van der Waals surface area contributed by atoms with Crippen LogP contribution in [0, 0.1) is 0 Å². The Labute approximate surface area is 162 Å². The molecule has 0 bridgehead atoms. The van der Waals surface area contributed by atoms with Crippen molar-refractivity contribution in [1.29, 1.82) is 0 Å². The molecule has 0 amide bonds. The van der Waals surface area contributed by atoms with Crippen LogP contribution < -0.4 is 16.2 Å². The molecule has 0 unspecified atom stereocenters. The largest absolute Gasteiger partial charge is 0.383 e. The molecule has 146 valence electrons. The zero-order valence-electron chi connectivity index (χ0n) is 15.0. The minimum Gasteiger partial charge on any atom is -0.383 e. The number of halogens is 1. The van der Waals surface area contributed by atoms with E-state index >= 15 is 0 Å². The fourth-order valence-corrected chi connectivity index (χ4v) is 3.17. The van der Waals surface area contributed by atoms with Gasteiger partial charge in [-0.05, 0) is 48.2 Å². The standard InChI is InChI=1S/C19H20FN5O2S/c20-11-1-2-13-3-5-14(6-4-13)17-12-23-19(25-18(17)21)24-15-7-9-16(10-8-15)28(22,26)27/h3-10,12H,1-2,11H2,(H2,22,26,27)(H3,21,23,24,25). The van der Waals surface area contributed by atoms with Crippen LogP contribution in [-0.4, -0.2) is 25.1 Å². The molecule has 1 aromatic heterocycles. The van der Waals surface area contributed by atoms with Crippen molar-refractivity contribution >= 4 is 27.5 Å². The number of benzene rings is 2. The van der Waals surface area contributed by atoms with Crippen LogP contribution in [0.3, 0.4) is 0 Å². The summed E-state index contributed by atoms with van der Waals surface area (Å²) in [6.45, 7) is -0.332. The molecule has 0 aliphatic carbocycles. The van der Waals surface area contributed by atoms with Crippen LogP contribution in [0.15, 0.2) is 59.6 Å². The molecule has 0 fully saturated rings. The molecule has 2 aromatic carbocycles. The molecule has 1 heterocycles. The van der Waals surface area contributed by atoms with Crippen LogP contribution in [0.2, 0.25) is 0 Å². The Morgan fingerprint density at radius 1 is 1.04 bits per heavy atom. The summed E-state index contributed by atoms with van der Waals surface area (Å²) in [6.07, 6.45) is 2.80. The first-order valence-corrected chi connectivity index (χ1v) is 10.1. The van der Waals surface area contributed by atoms with Crippen molar-refractivity contribution in [2.24, 2.45) is 5.14 Å². The van der Waals surface area contributed by atoms with E-state index in [2.05, 4.69) is 15.3 Å². The monoisotopic (exact) mass is 401 g/mol. The number of anilines is 3. The van der Waals surface area contributed by atoms with E-state index in [4.69, 9.17) is 10.9 Å². The SMILES string of the molecule is Nc1nc(Nc2ccc(S(N)(=O)=O)cc2)ncc1-c1ccc(CCCF)cc1. The van der Waals surface area contributed by atoms with Gasteiger partial charge in [0.15, 0.2) is 0 Å². The molecule has 0 saturated heterocycles. The van der Waals surface area contributed by atoms with E-state index in [-0.39, 0.29) is 17.5 Å². The molecule has 0 atom stereocenters. The second kappa shape index (κ2) is 8.32. The first kappa shape index (κ1) is 19.7. The van der Waals surface area contributed by atoms with E-state index in [9.17, 15) is 12.8 Å². The maximum absolute atomic E-state index is 12.3. The number of nitrogens with zero attached hydrogens (tertiary/aromatic N) is 2. The quantitative estimate of drug-likeness (QED) is 0.559. The van der Waals surface area contributed by atoms with E-state index in [0.29, 0.717) is 29.9 Å². The van der Waals surface area contributed by atoms with Crippen LogP contribution in [0.5, 0.6) is 0 Å². The maximum atomic E-state index is 12.3. The van der Waals surface area contributed by atoms with Crippen LogP contribution in [0.25, 0.3) is 11.1 Å². The number of nitrogen functional groups attached to an aromatic ring is 1. The molecular weight excluding hydrogens is 381 g/mol. The molecular formula is C19H20FN5O2S. The molecule has 7 nitrogen and oxygen atoms in total. The van der Waals surface area contributed by atoms with Gasteiger partial charge in [-0.15, -0.1) is 0 Å². The van der Waals surface area contributed by atoms with Gasteiger partial charge in [0.2, 0.25) is 16.0 Å². The van der Waals surface area contributed by atoms with E-state index in [0.717, 1.165) is 11.1 Å². The van der Waals surface area contributed by atoms with Gasteiger partial charge >= 0.3 is 0 Å². The Morgan fingerprint density at radius 2 is 1.71 bits per heavy atom. The number of hydrogen-bond acceptors (Lipinski definition) is 6. The van der Waals surface area contributed by atoms with Crippen LogP contribution >= 0.6 is 0 Å². The Morgan fingerprint density at radius 3 is 2.29 bits per heavy atom. The number of sulfonamides is 1.